The van der Waals surface area contributed by atoms with Gasteiger partial charge in [-0.1, -0.05) is 6.07 Å². The molecule has 0 saturated carbocycles. The third-order valence-electron chi connectivity index (χ3n) is 4.81. The lowest BCUT2D eigenvalue weighted by Crippen LogP contribution is -2.14. The van der Waals surface area contributed by atoms with Crippen LogP contribution in [0.2, 0.25) is 0 Å². The first kappa shape index (κ1) is 19.8. The zero-order valence-corrected chi connectivity index (χ0v) is 17.5. The Kier molecular flexibility index (Phi) is 4.88. The van der Waals surface area contributed by atoms with E-state index in [1.807, 2.05) is 36.9 Å². The lowest BCUT2D eigenvalue weighted by Gasteiger charge is -2.10. The zero-order valence-electron chi connectivity index (χ0n) is 16.7. The van der Waals surface area contributed by atoms with E-state index in [4.69, 9.17) is 5.14 Å². The van der Waals surface area contributed by atoms with E-state index in [1.165, 1.54) is 6.07 Å². The van der Waals surface area contributed by atoms with Crippen LogP contribution in [0, 0.1) is 13.8 Å². The number of aryl methyl sites for hydroxylation is 3. The summed E-state index contributed by atoms with van der Waals surface area (Å²) in [6.07, 6.45) is 1.61. The molecule has 2 aromatic carbocycles. The molecule has 4 aromatic rings. The molecule has 0 spiro atoms. The fourth-order valence-electron chi connectivity index (χ4n) is 3.16. The van der Waals surface area contributed by atoms with Crippen LogP contribution in [0.15, 0.2) is 53.6 Å². The molecule has 0 fully saturated rings. The number of aromatic nitrogens is 4. The summed E-state index contributed by atoms with van der Waals surface area (Å²) in [6, 6.07) is 12.6. The molecule has 0 aliphatic rings. The van der Waals surface area contributed by atoms with Crippen molar-refractivity contribution in [3.63, 3.8) is 0 Å². The van der Waals surface area contributed by atoms with Gasteiger partial charge in [0.25, 0.3) is 0 Å². The summed E-state index contributed by atoms with van der Waals surface area (Å²) in [5.74, 6) is 0.900. The number of benzene rings is 2. The smallest absolute Gasteiger partial charge is 0.238 e. The molecule has 10 heteroatoms. The molecular formula is C20H21N7O2S. The maximum absolute atomic E-state index is 11.7. The topological polar surface area (TPSA) is 128 Å². The van der Waals surface area contributed by atoms with Gasteiger partial charge in [0, 0.05) is 35.7 Å². The van der Waals surface area contributed by atoms with E-state index in [2.05, 4.69) is 25.7 Å². The normalized spacial score (nSPS) is 11.6. The Bertz CT molecular complexity index is 1360. The average Bonchev–Trinajstić information content (AvgIpc) is 2.96. The largest absolute Gasteiger partial charge is 0.340 e. The highest BCUT2D eigenvalue weighted by molar-refractivity contribution is 7.89. The standard InChI is InChI=1S/C20H21N7O2S/c1-12-4-5-15(11-18(12)30(21,28)29)24-20-22-9-8-19(25-20)23-14-6-7-16-13(2)27(3)26-17(16)10-14/h4-11H,1-3H3,(H2,21,28,29)(H2,22,23,24,25). The average molecular weight is 424 g/mol. The van der Waals surface area contributed by atoms with Crippen molar-refractivity contribution >= 4 is 44.1 Å². The second kappa shape index (κ2) is 7.39. The van der Waals surface area contributed by atoms with Gasteiger partial charge in [0.1, 0.15) is 5.82 Å². The zero-order chi connectivity index (χ0) is 21.5. The van der Waals surface area contributed by atoms with Crippen LogP contribution in [0.4, 0.5) is 23.1 Å². The van der Waals surface area contributed by atoms with E-state index in [-0.39, 0.29) is 4.90 Å². The van der Waals surface area contributed by atoms with E-state index >= 15 is 0 Å². The fourth-order valence-corrected chi connectivity index (χ4v) is 3.97. The first-order valence-electron chi connectivity index (χ1n) is 9.14. The summed E-state index contributed by atoms with van der Waals surface area (Å²) in [5, 5.41) is 17.1. The molecule has 0 bridgehead atoms. The Morgan fingerprint density at radius 1 is 1.00 bits per heavy atom. The van der Waals surface area contributed by atoms with Crippen LogP contribution in [0.1, 0.15) is 11.3 Å². The molecule has 4 rings (SSSR count). The van der Waals surface area contributed by atoms with E-state index in [0.29, 0.717) is 23.0 Å². The number of primary sulfonamides is 1. The van der Waals surface area contributed by atoms with Gasteiger partial charge in [-0.3, -0.25) is 4.68 Å². The second-order valence-electron chi connectivity index (χ2n) is 6.98. The molecule has 154 valence electrons. The minimum absolute atomic E-state index is 0.0562. The first-order valence-corrected chi connectivity index (χ1v) is 10.7. The van der Waals surface area contributed by atoms with Gasteiger partial charge in [-0.2, -0.15) is 10.1 Å². The molecule has 2 aromatic heterocycles. The van der Waals surface area contributed by atoms with Gasteiger partial charge in [-0.05, 0) is 55.8 Å². The van der Waals surface area contributed by atoms with Crippen molar-refractivity contribution in [3.05, 3.63) is 59.9 Å². The Morgan fingerprint density at radius 2 is 1.73 bits per heavy atom. The molecule has 0 radical (unpaired) electrons. The van der Waals surface area contributed by atoms with Crippen molar-refractivity contribution in [2.45, 2.75) is 18.7 Å². The molecule has 2 heterocycles. The fraction of sp³-hybridized carbons (Fsp3) is 0.150. The molecule has 0 unspecified atom stereocenters. The predicted octanol–water partition coefficient (Wildman–Crippen LogP) is 3.11. The first-order chi connectivity index (χ1) is 14.2. The molecule has 0 atom stereocenters. The Labute approximate surface area is 174 Å². The van der Waals surface area contributed by atoms with Crippen LogP contribution in [0.25, 0.3) is 10.9 Å². The van der Waals surface area contributed by atoms with Gasteiger partial charge in [0.2, 0.25) is 16.0 Å². The lowest BCUT2D eigenvalue weighted by atomic mass is 10.2. The molecule has 30 heavy (non-hydrogen) atoms. The third-order valence-corrected chi connectivity index (χ3v) is 5.86. The van der Waals surface area contributed by atoms with Gasteiger partial charge in [0.05, 0.1) is 10.4 Å². The van der Waals surface area contributed by atoms with Gasteiger partial charge < -0.3 is 10.6 Å². The summed E-state index contributed by atoms with van der Waals surface area (Å²) in [6.45, 7) is 3.71. The van der Waals surface area contributed by atoms with E-state index in [9.17, 15) is 8.42 Å². The number of anilines is 4. The molecule has 0 amide bonds. The Hall–Kier alpha value is -3.50. The summed E-state index contributed by atoms with van der Waals surface area (Å²) >= 11 is 0. The summed E-state index contributed by atoms with van der Waals surface area (Å²) in [7, 11) is -1.90. The van der Waals surface area contributed by atoms with Crippen molar-refractivity contribution in [1.29, 1.82) is 0 Å². The number of fused-ring (bicyclic) bond motifs is 1. The summed E-state index contributed by atoms with van der Waals surface area (Å²) < 4.78 is 25.3. The van der Waals surface area contributed by atoms with Gasteiger partial charge in [-0.25, -0.2) is 18.5 Å². The van der Waals surface area contributed by atoms with Crippen molar-refractivity contribution in [3.8, 4) is 0 Å². The monoisotopic (exact) mass is 423 g/mol. The van der Waals surface area contributed by atoms with Crippen molar-refractivity contribution in [1.82, 2.24) is 19.7 Å². The highest BCUT2D eigenvalue weighted by Gasteiger charge is 2.13. The third kappa shape index (κ3) is 3.95. The number of nitrogens with two attached hydrogens (primary N) is 1. The highest BCUT2D eigenvalue weighted by Crippen LogP contribution is 2.24. The Balaban J connectivity index is 1.58. The molecule has 4 N–H and O–H groups in total. The summed E-state index contributed by atoms with van der Waals surface area (Å²) in [5.41, 5.74) is 3.92. The van der Waals surface area contributed by atoms with Crippen molar-refractivity contribution < 1.29 is 8.42 Å². The predicted molar refractivity (Wildman–Crippen MR) is 117 cm³/mol. The second-order valence-corrected chi connectivity index (χ2v) is 8.51. The highest BCUT2D eigenvalue weighted by atomic mass is 32.2. The SMILES string of the molecule is Cc1ccc(Nc2nccc(Nc3ccc4c(C)n(C)nc4c3)n2)cc1S(N)(=O)=O. The maximum atomic E-state index is 11.7. The van der Waals surface area contributed by atoms with E-state index in [1.54, 1.807) is 31.3 Å². The van der Waals surface area contributed by atoms with E-state index in [0.717, 1.165) is 22.3 Å². The van der Waals surface area contributed by atoms with Crippen molar-refractivity contribution in [2.75, 3.05) is 10.6 Å². The van der Waals surface area contributed by atoms with Gasteiger partial charge >= 0.3 is 0 Å². The summed E-state index contributed by atoms with van der Waals surface area (Å²) in [4.78, 5) is 8.69. The number of hydrogen-bond acceptors (Lipinski definition) is 7. The number of hydrogen-bond donors (Lipinski definition) is 3. The molecule has 0 aliphatic carbocycles. The molecular weight excluding hydrogens is 402 g/mol. The minimum Gasteiger partial charge on any atom is -0.340 e. The molecule has 9 nitrogen and oxygen atoms in total. The van der Waals surface area contributed by atoms with Crippen LogP contribution in [0.3, 0.4) is 0 Å². The van der Waals surface area contributed by atoms with Gasteiger partial charge in [0.15, 0.2) is 0 Å². The minimum atomic E-state index is -3.82. The lowest BCUT2D eigenvalue weighted by molar-refractivity contribution is 0.597. The van der Waals surface area contributed by atoms with Crippen LogP contribution in [0.5, 0.6) is 0 Å². The van der Waals surface area contributed by atoms with Crippen molar-refractivity contribution in [2.24, 2.45) is 12.2 Å². The number of rotatable bonds is 5. The number of sulfonamides is 1. The number of nitrogens with zero attached hydrogens (tertiary/aromatic N) is 4. The molecule has 0 aliphatic heterocycles. The maximum Gasteiger partial charge on any atom is 0.238 e. The van der Waals surface area contributed by atoms with Crippen LogP contribution in [-0.2, 0) is 17.1 Å². The van der Waals surface area contributed by atoms with Crippen LogP contribution < -0.4 is 15.8 Å². The number of nitrogens with one attached hydrogen (secondary N) is 2. The van der Waals surface area contributed by atoms with Gasteiger partial charge in [-0.15, -0.1) is 0 Å². The molecule has 0 saturated heterocycles. The van der Waals surface area contributed by atoms with Crippen LogP contribution >= 0.6 is 0 Å². The van der Waals surface area contributed by atoms with E-state index < -0.39 is 10.0 Å². The Morgan fingerprint density at radius 3 is 2.50 bits per heavy atom. The van der Waals surface area contributed by atoms with Crippen LogP contribution in [-0.4, -0.2) is 28.2 Å². The quantitative estimate of drug-likeness (QED) is 0.450.